The van der Waals surface area contributed by atoms with Gasteiger partial charge in [-0.3, -0.25) is 0 Å². The number of H-pyrrole nitrogens is 1. The summed E-state index contributed by atoms with van der Waals surface area (Å²) in [7, 11) is 0.464. The van der Waals surface area contributed by atoms with E-state index < -0.39 is 15.9 Å². The van der Waals surface area contributed by atoms with Crippen LogP contribution in [0.3, 0.4) is 0 Å². The van der Waals surface area contributed by atoms with Crippen molar-refractivity contribution in [3.63, 3.8) is 0 Å². The lowest BCUT2D eigenvalue weighted by Crippen LogP contribution is -2.30. The molecule has 0 amide bonds. The number of pyridine rings is 1. The van der Waals surface area contributed by atoms with Crippen LogP contribution in [0.5, 0.6) is 5.75 Å². The van der Waals surface area contributed by atoms with Gasteiger partial charge in [-0.2, -0.15) is 0 Å². The first kappa shape index (κ1) is 23.2. The molecule has 0 bridgehead atoms. The van der Waals surface area contributed by atoms with E-state index in [9.17, 15) is 13.5 Å². The molecule has 0 saturated carbocycles. The molecule has 0 aliphatic heterocycles. The summed E-state index contributed by atoms with van der Waals surface area (Å²) in [6.45, 7) is 4.27. The number of aliphatic hydroxyl groups excluding tert-OH is 1. The molecule has 2 heterocycles. The maximum absolute atomic E-state index is 12.5. The van der Waals surface area contributed by atoms with Crippen molar-refractivity contribution in [1.29, 1.82) is 0 Å². The Kier molecular flexibility index (Phi) is 6.43. The minimum Gasteiger partial charge on any atom is -0.489 e. The Bertz CT molecular complexity index is 1410. The summed E-state index contributed by atoms with van der Waals surface area (Å²) in [5.74, 6) is 0.656. The Balaban J connectivity index is 1.87. The van der Waals surface area contributed by atoms with Gasteiger partial charge in [0.1, 0.15) is 24.1 Å². The third-order valence-corrected chi connectivity index (χ3v) is 7.33. The smallest absolute Gasteiger partial charge is 0.178 e. The second kappa shape index (κ2) is 9.13. The van der Waals surface area contributed by atoms with Gasteiger partial charge in [0.05, 0.1) is 16.2 Å². The third-order valence-electron chi connectivity index (χ3n) is 5.60. The number of ether oxygens (including phenoxy) is 1. The average Bonchev–Trinajstić information content (AvgIpc) is 3.16. The van der Waals surface area contributed by atoms with Crippen molar-refractivity contribution in [1.82, 2.24) is 14.9 Å². The summed E-state index contributed by atoms with van der Waals surface area (Å²) in [5, 5.41) is 12.1. The first-order chi connectivity index (χ1) is 15.7. The van der Waals surface area contributed by atoms with Gasteiger partial charge in [0, 0.05) is 23.5 Å². The zero-order valence-corrected chi connectivity index (χ0v) is 20.1. The number of aliphatic hydroxyl groups is 1. The van der Waals surface area contributed by atoms with Crippen LogP contribution in [0.2, 0.25) is 0 Å². The van der Waals surface area contributed by atoms with Gasteiger partial charge in [-0.15, -0.1) is 0 Å². The highest BCUT2D eigenvalue weighted by Gasteiger charge is 2.18. The molecule has 0 aliphatic carbocycles. The molecule has 2 aromatic carbocycles. The molecule has 8 heteroatoms. The van der Waals surface area contributed by atoms with E-state index in [0.29, 0.717) is 17.2 Å². The maximum atomic E-state index is 12.5. The number of hydrogen-bond acceptors (Lipinski definition) is 6. The summed E-state index contributed by atoms with van der Waals surface area (Å²) >= 11 is 0. The summed E-state index contributed by atoms with van der Waals surface area (Å²) in [4.78, 5) is 10.1. The van der Waals surface area contributed by atoms with E-state index in [4.69, 9.17) is 4.74 Å². The van der Waals surface area contributed by atoms with Gasteiger partial charge >= 0.3 is 0 Å². The molecular weight excluding hydrogens is 438 g/mol. The Hall–Kier alpha value is -2.94. The Morgan fingerprint density at radius 1 is 1.18 bits per heavy atom. The second-order valence-corrected chi connectivity index (χ2v) is 10.8. The van der Waals surface area contributed by atoms with Crippen molar-refractivity contribution in [2.75, 3.05) is 33.0 Å². The standard InChI is InChI=1S/C25H29N3O4S/c1-5-33(30,31)19-8-6-7-17(12-19)20-9-10-22(32-15-18(29)14-28(3)4)24-23(20)21-11-16(2)13-26-25(21)27-24/h6-13,18,29H,5,14-15H2,1-4H3,(H,26,27). The molecule has 33 heavy (non-hydrogen) atoms. The fraction of sp³-hybridized carbons (Fsp3) is 0.320. The predicted molar refractivity (Wildman–Crippen MR) is 132 cm³/mol. The Labute approximate surface area is 193 Å². The van der Waals surface area contributed by atoms with E-state index in [1.807, 2.05) is 44.1 Å². The summed E-state index contributed by atoms with van der Waals surface area (Å²) in [5.41, 5.74) is 4.19. The van der Waals surface area contributed by atoms with Crippen LogP contribution in [-0.4, -0.2) is 67.5 Å². The lowest BCUT2D eigenvalue weighted by atomic mass is 9.99. The molecule has 0 aliphatic rings. The third kappa shape index (κ3) is 4.73. The molecule has 0 radical (unpaired) electrons. The number of aromatic nitrogens is 2. The molecule has 1 atom stereocenters. The molecule has 4 rings (SSSR count). The van der Waals surface area contributed by atoms with E-state index in [-0.39, 0.29) is 12.4 Å². The number of hydrogen-bond donors (Lipinski definition) is 2. The number of rotatable bonds is 8. The number of sulfone groups is 1. The van der Waals surface area contributed by atoms with Crippen LogP contribution in [0, 0.1) is 6.92 Å². The van der Waals surface area contributed by atoms with Gasteiger partial charge < -0.3 is 19.7 Å². The van der Waals surface area contributed by atoms with Crippen LogP contribution in [-0.2, 0) is 9.84 Å². The zero-order chi connectivity index (χ0) is 23.8. The van der Waals surface area contributed by atoms with Crippen LogP contribution in [0.15, 0.2) is 53.6 Å². The minimum absolute atomic E-state index is 0.0458. The van der Waals surface area contributed by atoms with E-state index in [0.717, 1.165) is 38.6 Å². The first-order valence-corrected chi connectivity index (χ1v) is 12.5. The Morgan fingerprint density at radius 2 is 1.97 bits per heavy atom. The number of nitrogens with one attached hydrogen (secondary N) is 1. The van der Waals surface area contributed by atoms with Gasteiger partial charge in [-0.25, -0.2) is 13.4 Å². The lowest BCUT2D eigenvalue weighted by molar-refractivity contribution is 0.0837. The molecule has 2 N–H and O–H groups in total. The number of aromatic amines is 1. The summed E-state index contributed by atoms with van der Waals surface area (Å²) in [6, 6.07) is 12.9. The van der Waals surface area contributed by atoms with E-state index >= 15 is 0 Å². The van der Waals surface area contributed by atoms with Crippen LogP contribution in [0.25, 0.3) is 33.1 Å². The molecular formula is C25H29N3O4S. The van der Waals surface area contributed by atoms with Gasteiger partial charge in [0.2, 0.25) is 0 Å². The van der Waals surface area contributed by atoms with E-state index in [1.165, 1.54) is 0 Å². The van der Waals surface area contributed by atoms with Crippen molar-refractivity contribution in [3.8, 4) is 16.9 Å². The second-order valence-electron chi connectivity index (χ2n) is 8.55. The summed E-state index contributed by atoms with van der Waals surface area (Å²) in [6.07, 6.45) is 1.17. The van der Waals surface area contributed by atoms with E-state index in [2.05, 4.69) is 16.0 Å². The highest BCUT2D eigenvalue weighted by atomic mass is 32.2. The van der Waals surface area contributed by atoms with Gasteiger partial charge in [0.25, 0.3) is 0 Å². The highest BCUT2D eigenvalue weighted by molar-refractivity contribution is 7.91. The first-order valence-electron chi connectivity index (χ1n) is 10.9. The fourth-order valence-corrected chi connectivity index (χ4v) is 4.94. The van der Waals surface area contributed by atoms with Crippen LogP contribution in [0.1, 0.15) is 12.5 Å². The number of aryl methyl sites for hydroxylation is 1. The average molecular weight is 468 g/mol. The molecule has 0 saturated heterocycles. The monoisotopic (exact) mass is 467 g/mol. The maximum Gasteiger partial charge on any atom is 0.178 e. The topological polar surface area (TPSA) is 95.5 Å². The molecule has 2 aromatic heterocycles. The van der Waals surface area contributed by atoms with Gasteiger partial charge in [0.15, 0.2) is 9.84 Å². The number of fused-ring (bicyclic) bond motifs is 3. The molecule has 0 fully saturated rings. The highest BCUT2D eigenvalue weighted by Crippen LogP contribution is 2.39. The number of benzene rings is 2. The van der Waals surface area contributed by atoms with Crippen molar-refractivity contribution >= 4 is 31.8 Å². The number of likely N-dealkylation sites (N-methyl/N-ethyl adjacent to an activating group) is 1. The lowest BCUT2D eigenvalue weighted by Gasteiger charge is -2.17. The number of nitrogens with zero attached hydrogens (tertiary/aromatic N) is 2. The van der Waals surface area contributed by atoms with Crippen molar-refractivity contribution < 1.29 is 18.3 Å². The van der Waals surface area contributed by atoms with Gasteiger partial charge in [-0.1, -0.05) is 19.1 Å². The van der Waals surface area contributed by atoms with Crippen molar-refractivity contribution in [3.05, 3.63) is 54.2 Å². The van der Waals surface area contributed by atoms with Crippen LogP contribution < -0.4 is 4.74 Å². The normalized spacial score (nSPS) is 13.2. The molecule has 4 aromatic rings. The Morgan fingerprint density at radius 3 is 2.70 bits per heavy atom. The minimum atomic E-state index is -3.33. The SMILES string of the molecule is CCS(=O)(=O)c1cccc(-c2ccc(OCC(O)CN(C)C)c3[nH]c4ncc(C)cc4c23)c1. The van der Waals surface area contributed by atoms with Crippen LogP contribution in [0.4, 0.5) is 0 Å². The summed E-state index contributed by atoms with van der Waals surface area (Å²) < 4.78 is 30.9. The molecule has 7 nitrogen and oxygen atoms in total. The largest absolute Gasteiger partial charge is 0.489 e. The van der Waals surface area contributed by atoms with Crippen molar-refractivity contribution in [2.24, 2.45) is 0 Å². The predicted octanol–water partition coefficient (Wildman–Crippen LogP) is 3.79. The van der Waals surface area contributed by atoms with Gasteiger partial charge in [-0.05, 0) is 68.0 Å². The molecule has 1 unspecified atom stereocenters. The zero-order valence-electron chi connectivity index (χ0n) is 19.3. The van der Waals surface area contributed by atoms with Crippen LogP contribution >= 0.6 is 0 Å². The fourth-order valence-electron chi connectivity index (χ4n) is 4.01. The molecule has 0 spiro atoms. The van der Waals surface area contributed by atoms with Crippen molar-refractivity contribution in [2.45, 2.75) is 24.8 Å². The quantitative estimate of drug-likeness (QED) is 0.409. The molecule has 174 valence electrons. The van der Waals surface area contributed by atoms with E-state index in [1.54, 1.807) is 31.3 Å².